The highest BCUT2D eigenvalue weighted by atomic mass is 19.2. The highest BCUT2D eigenvalue weighted by Crippen LogP contribution is 2.23. The fraction of sp³-hybridized carbons (Fsp3) is 0.407. The summed E-state index contributed by atoms with van der Waals surface area (Å²) >= 11 is 0. The van der Waals surface area contributed by atoms with Crippen molar-refractivity contribution in [2.75, 3.05) is 31.1 Å². The molecule has 1 unspecified atom stereocenters. The van der Waals surface area contributed by atoms with Crippen LogP contribution in [0.2, 0.25) is 0 Å². The van der Waals surface area contributed by atoms with Crippen LogP contribution in [0, 0.1) is 11.6 Å². The minimum Gasteiger partial charge on any atom is -0.444 e. The maximum Gasteiger partial charge on any atom is 0.407 e. The summed E-state index contributed by atoms with van der Waals surface area (Å²) in [6.45, 7) is 9.45. The zero-order chi connectivity index (χ0) is 26.3. The number of ether oxygens (including phenoxy) is 2. The van der Waals surface area contributed by atoms with Crippen LogP contribution in [-0.2, 0) is 14.3 Å². The molecular formula is C27H33F2N3O4. The second-order valence-electron chi connectivity index (χ2n) is 9.65. The van der Waals surface area contributed by atoms with Crippen molar-refractivity contribution >= 4 is 23.8 Å². The van der Waals surface area contributed by atoms with Crippen molar-refractivity contribution in [2.24, 2.45) is 0 Å². The molecule has 1 aliphatic heterocycles. The third-order valence-electron chi connectivity index (χ3n) is 5.48. The average molecular weight is 502 g/mol. The molecule has 2 aromatic carbocycles. The van der Waals surface area contributed by atoms with Gasteiger partial charge in [0.05, 0.1) is 18.8 Å². The quantitative estimate of drug-likeness (QED) is 0.543. The molecule has 9 heteroatoms. The predicted octanol–water partition coefficient (Wildman–Crippen LogP) is 4.59. The first-order valence-corrected chi connectivity index (χ1v) is 11.9. The fourth-order valence-electron chi connectivity index (χ4n) is 3.71. The van der Waals surface area contributed by atoms with Crippen LogP contribution in [0.5, 0.6) is 0 Å². The Labute approximate surface area is 210 Å². The second-order valence-corrected chi connectivity index (χ2v) is 9.65. The minimum absolute atomic E-state index is 0.187. The molecule has 7 nitrogen and oxygen atoms in total. The molecular weight excluding hydrogens is 468 g/mol. The standard InChI is InChI=1S/C27H33F2N3O4/c1-18(31-25(33)11-9-19-8-10-23(28)24(29)14-19)20-6-5-7-21(15-20)32-12-13-35-22(17-32)16-30-26(34)36-27(2,3)4/h5-11,14-15,18,22H,12-13,16-17H2,1-4H3,(H,30,34)(H,31,33)/b11-9+/t18-,22?/m0/s1. The van der Waals surface area contributed by atoms with Gasteiger partial charge in [0.25, 0.3) is 0 Å². The van der Waals surface area contributed by atoms with E-state index in [-0.39, 0.29) is 18.1 Å². The molecule has 0 aliphatic carbocycles. The van der Waals surface area contributed by atoms with Crippen LogP contribution in [0.15, 0.2) is 48.5 Å². The highest BCUT2D eigenvalue weighted by Gasteiger charge is 2.23. The Morgan fingerprint density at radius 1 is 1.19 bits per heavy atom. The lowest BCUT2D eigenvalue weighted by Gasteiger charge is -2.35. The van der Waals surface area contributed by atoms with Gasteiger partial charge in [-0.1, -0.05) is 18.2 Å². The Bertz CT molecular complexity index is 1100. The maximum atomic E-state index is 13.3. The molecule has 2 atom stereocenters. The number of nitrogens with zero attached hydrogens (tertiary/aromatic N) is 1. The molecule has 0 spiro atoms. The number of halogens is 2. The first-order valence-electron chi connectivity index (χ1n) is 11.9. The lowest BCUT2D eigenvalue weighted by Crippen LogP contribution is -2.48. The number of nitrogens with one attached hydrogen (secondary N) is 2. The van der Waals surface area contributed by atoms with Gasteiger partial charge < -0.3 is 25.0 Å². The minimum atomic E-state index is -0.964. The fourth-order valence-corrected chi connectivity index (χ4v) is 3.71. The number of hydrogen-bond donors (Lipinski definition) is 2. The molecule has 194 valence electrons. The van der Waals surface area contributed by atoms with Gasteiger partial charge >= 0.3 is 6.09 Å². The van der Waals surface area contributed by atoms with Crippen LogP contribution >= 0.6 is 0 Å². The van der Waals surface area contributed by atoms with E-state index < -0.39 is 23.3 Å². The molecule has 1 aliphatic rings. The van der Waals surface area contributed by atoms with E-state index in [9.17, 15) is 18.4 Å². The summed E-state index contributed by atoms with van der Waals surface area (Å²) in [6, 6.07) is 11.0. The molecule has 0 saturated carbocycles. The van der Waals surface area contributed by atoms with Crippen LogP contribution < -0.4 is 15.5 Å². The molecule has 0 radical (unpaired) electrons. The van der Waals surface area contributed by atoms with Gasteiger partial charge in [0.15, 0.2) is 11.6 Å². The first kappa shape index (κ1) is 27.1. The number of benzene rings is 2. The number of amides is 2. The summed E-state index contributed by atoms with van der Waals surface area (Å²) in [5.41, 5.74) is 1.72. The van der Waals surface area contributed by atoms with E-state index in [1.54, 1.807) is 0 Å². The van der Waals surface area contributed by atoms with Crippen molar-refractivity contribution in [1.29, 1.82) is 0 Å². The summed E-state index contributed by atoms with van der Waals surface area (Å²) in [5.74, 6) is -2.25. The molecule has 2 N–H and O–H groups in total. The van der Waals surface area contributed by atoms with Gasteiger partial charge in [-0.15, -0.1) is 0 Å². The van der Waals surface area contributed by atoms with E-state index in [2.05, 4.69) is 15.5 Å². The van der Waals surface area contributed by atoms with Crippen molar-refractivity contribution in [3.05, 3.63) is 71.3 Å². The molecule has 0 aromatic heterocycles. The SMILES string of the molecule is C[C@H](NC(=O)/C=C/c1ccc(F)c(F)c1)c1cccc(N2CCOC(CNC(=O)OC(C)(C)C)C2)c1. The van der Waals surface area contributed by atoms with Crippen molar-refractivity contribution in [3.63, 3.8) is 0 Å². The second kappa shape index (κ2) is 12.0. The van der Waals surface area contributed by atoms with Gasteiger partial charge in [0.1, 0.15) is 5.60 Å². The lowest BCUT2D eigenvalue weighted by atomic mass is 10.1. The van der Waals surface area contributed by atoms with Gasteiger partial charge in [0, 0.05) is 31.4 Å². The Morgan fingerprint density at radius 3 is 2.69 bits per heavy atom. The van der Waals surface area contributed by atoms with Gasteiger partial charge in [-0.2, -0.15) is 0 Å². The number of alkyl carbamates (subject to hydrolysis) is 1. The normalized spacial score (nSPS) is 17.1. The average Bonchev–Trinajstić information content (AvgIpc) is 2.83. The molecule has 0 bridgehead atoms. The summed E-state index contributed by atoms with van der Waals surface area (Å²) in [7, 11) is 0. The smallest absolute Gasteiger partial charge is 0.407 e. The van der Waals surface area contributed by atoms with Gasteiger partial charge in [0.2, 0.25) is 5.91 Å². The summed E-state index contributed by atoms with van der Waals surface area (Å²) in [4.78, 5) is 26.5. The summed E-state index contributed by atoms with van der Waals surface area (Å²) in [5, 5.41) is 5.64. The largest absolute Gasteiger partial charge is 0.444 e. The summed E-state index contributed by atoms with van der Waals surface area (Å²) in [6.07, 6.45) is 2.05. The first-order chi connectivity index (χ1) is 17.0. The third kappa shape index (κ3) is 8.34. The number of anilines is 1. The van der Waals surface area contributed by atoms with E-state index in [1.165, 1.54) is 18.2 Å². The Kier molecular flexibility index (Phi) is 9.03. The molecule has 36 heavy (non-hydrogen) atoms. The highest BCUT2D eigenvalue weighted by molar-refractivity contribution is 5.92. The van der Waals surface area contributed by atoms with Gasteiger partial charge in [-0.25, -0.2) is 13.6 Å². The summed E-state index contributed by atoms with van der Waals surface area (Å²) < 4.78 is 37.5. The van der Waals surface area contributed by atoms with E-state index in [1.807, 2.05) is 52.0 Å². The van der Waals surface area contributed by atoms with E-state index in [0.29, 0.717) is 31.8 Å². The van der Waals surface area contributed by atoms with E-state index in [0.717, 1.165) is 23.4 Å². The van der Waals surface area contributed by atoms with Gasteiger partial charge in [-0.05, 0) is 69.2 Å². The predicted molar refractivity (Wildman–Crippen MR) is 135 cm³/mol. The van der Waals surface area contributed by atoms with Crippen LogP contribution in [0.1, 0.15) is 44.9 Å². The van der Waals surface area contributed by atoms with Crippen molar-refractivity contribution in [3.8, 4) is 0 Å². The number of carbonyl (C=O) groups excluding carboxylic acids is 2. The molecule has 3 rings (SSSR count). The number of carbonyl (C=O) groups is 2. The van der Waals surface area contributed by atoms with Crippen molar-refractivity contribution in [1.82, 2.24) is 10.6 Å². The maximum absolute atomic E-state index is 13.3. The lowest BCUT2D eigenvalue weighted by molar-refractivity contribution is -0.117. The Morgan fingerprint density at radius 2 is 1.97 bits per heavy atom. The van der Waals surface area contributed by atoms with Crippen LogP contribution in [0.4, 0.5) is 19.3 Å². The molecule has 2 amide bonds. The molecule has 1 heterocycles. The van der Waals surface area contributed by atoms with E-state index in [4.69, 9.17) is 9.47 Å². The van der Waals surface area contributed by atoms with Crippen LogP contribution in [-0.4, -0.2) is 49.9 Å². The Hall–Kier alpha value is -3.46. The zero-order valence-electron chi connectivity index (χ0n) is 21.0. The number of hydrogen-bond acceptors (Lipinski definition) is 5. The molecule has 1 saturated heterocycles. The number of morpholine rings is 1. The molecule has 1 fully saturated rings. The monoisotopic (exact) mass is 501 g/mol. The van der Waals surface area contributed by atoms with E-state index >= 15 is 0 Å². The van der Waals surface area contributed by atoms with Gasteiger partial charge in [-0.3, -0.25) is 4.79 Å². The Balaban J connectivity index is 1.55. The third-order valence-corrected chi connectivity index (χ3v) is 5.48. The van der Waals surface area contributed by atoms with Crippen LogP contribution in [0.25, 0.3) is 6.08 Å². The topological polar surface area (TPSA) is 79.9 Å². The number of rotatable bonds is 7. The van der Waals surface area contributed by atoms with Crippen LogP contribution in [0.3, 0.4) is 0 Å². The molecule has 2 aromatic rings. The zero-order valence-corrected chi connectivity index (χ0v) is 21.0. The van der Waals surface area contributed by atoms with Crippen molar-refractivity contribution in [2.45, 2.75) is 45.4 Å². The van der Waals surface area contributed by atoms with Crippen molar-refractivity contribution < 1.29 is 27.8 Å².